The number of aliphatic hydroxyl groups is 1. The van der Waals surface area contributed by atoms with Crippen LogP contribution in [0.4, 0.5) is 9.52 Å². The van der Waals surface area contributed by atoms with E-state index in [9.17, 15) is 14.7 Å². The Labute approximate surface area is 242 Å². The van der Waals surface area contributed by atoms with E-state index in [0.717, 1.165) is 27.4 Å². The third kappa shape index (κ3) is 4.87. The lowest BCUT2D eigenvalue weighted by Crippen LogP contribution is -2.29. The first-order valence-corrected chi connectivity index (χ1v) is 14.5. The van der Waals surface area contributed by atoms with E-state index in [1.807, 2.05) is 19.1 Å². The number of benzene rings is 3. The van der Waals surface area contributed by atoms with Crippen LogP contribution in [0.25, 0.3) is 5.76 Å². The van der Waals surface area contributed by atoms with E-state index in [2.05, 4.69) is 10.2 Å². The van der Waals surface area contributed by atoms with E-state index in [-0.39, 0.29) is 22.4 Å². The molecule has 3 aromatic carbocycles. The van der Waals surface area contributed by atoms with Crippen molar-refractivity contribution >= 4 is 57.3 Å². The second-order valence-electron chi connectivity index (χ2n) is 9.41. The molecule has 1 N–H and O–H groups in total. The van der Waals surface area contributed by atoms with Gasteiger partial charge in [0.15, 0.2) is 4.34 Å². The van der Waals surface area contributed by atoms with Crippen LogP contribution in [0.2, 0.25) is 5.02 Å². The summed E-state index contributed by atoms with van der Waals surface area (Å²) in [6, 6.07) is 17.1. The van der Waals surface area contributed by atoms with Crippen molar-refractivity contribution in [2.24, 2.45) is 0 Å². The molecule has 0 unspecified atom stereocenters. The van der Waals surface area contributed by atoms with Gasteiger partial charge in [-0.05, 0) is 54.4 Å². The summed E-state index contributed by atoms with van der Waals surface area (Å²) in [5.41, 5.74) is 2.08. The lowest BCUT2D eigenvalue weighted by molar-refractivity contribution is -0.132. The summed E-state index contributed by atoms with van der Waals surface area (Å²) in [4.78, 5) is 27.9. The number of rotatable bonds is 6. The van der Waals surface area contributed by atoms with E-state index in [1.54, 1.807) is 36.4 Å². The number of hydrogen-bond acceptors (Lipinski definition) is 8. The van der Waals surface area contributed by atoms with Crippen LogP contribution in [0.3, 0.4) is 0 Å². The lowest BCUT2D eigenvalue weighted by Gasteiger charge is -2.22. The van der Waals surface area contributed by atoms with Crippen molar-refractivity contribution in [1.29, 1.82) is 0 Å². The average molecular weight is 594 g/mol. The number of halogens is 2. The van der Waals surface area contributed by atoms with Crippen LogP contribution in [-0.2, 0) is 21.8 Å². The van der Waals surface area contributed by atoms with Crippen LogP contribution in [-0.4, -0.2) is 33.1 Å². The number of aromatic nitrogens is 2. The number of hydrogen-bond donors (Lipinski definition) is 1. The Morgan fingerprint density at radius 3 is 2.70 bits per heavy atom. The van der Waals surface area contributed by atoms with Gasteiger partial charge in [0.25, 0.3) is 5.78 Å². The third-order valence-electron chi connectivity index (χ3n) is 6.69. The fourth-order valence-electron chi connectivity index (χ4n) is 4.83. The number of ether oxygens (including phenoxy) is 1. The fraction of sp³-hybridized carbons (Fsp3) is 0.172. The lowest BCUT2D eigenvalue weighted by atomic mass is 9.94. The minimum absolute atomic E-state index is 0.0134. The molecule has 0 radical (unpaired) electrons. The Bertz CT molecular complexity index is 1670. The van der Waals surface area contributed by atoms with Gasteiger partial charge in [-0.25, -0.2) is 4.39 Å². The van der Waals surface area contributed by atoms with Gasteiger partial charge in [-0.3, -0.25) is 14.5 Å². The van der Waals surface area contributed by atoms with Gasteiger partial charge < -0.3 is 9.84 Å². The molecule has 0 saturated carbocycles. The molecule has 0 bridgehead atoms. The number of thioether (sulfide) groups is 1. The predicted molar refractivity (Wildman–Crippen MR) is 152 cm³/mol. The molecule has 11 heteroatoms. The molecule has 1 saturated heterocycles. The Kier molecular flexibility index (Phi) is 7.07. The van der Waals surface area contributed by atoms with Crippen molar-refractivity contribution in [3.05, 3.63) is 105 Å². The molecule has 7 nitrogen and oxygen atoms in total. The van der Waals surface area contributed by atoms with Crippen molar-refractivity contribution < 1.29 is 23.8 Å². The van der Waals surface area contributed by atoms with Crippen LogP contribution < -0.4 is 9.64 Å². The summed E-state index contributed by atoms with van der Waals surface area (Å²) in [7, 11) is 0. The van der Waals surface area contributed by atoms with E-state index in [1.165, 1.54) is 30.0 Å². The van der Waals surface area contributed by atoms with Crippen LogP contribution in [0.5, 0.6) is 5.75 Å². The number of Topliss-reactive ketones (excluding diaryl/α,β-unsaturated/α-hetero) is 1. The fourth-order valence-corrected chi connectivity index (χ4v) is 6.78. The summed E-state index contributed by atoms with van der Waals surface area (Å²) >= 11 is 8.48. The Hall–Kier alpha value is -3.73. The van der Waals surface area contributed by atoms with Crippen molar-refractivity contribution in [3.63, 3.8) is 0 Å². The molecular formula is C29H21ClFN3O4S2. The highest BCUT2D eigenvalue weighted by molar-refractivity contribution is 8.00. The summed E-state index contributed by atoms with van der Waals surface area (Å²) in [5.74, 6) is -1.57. The molecule has 2 atom stereocenters. The smallest absolute Gasteiger partial charge is 0.301 e. The van der Waals surface area contributed by atoms with Crippen molar-refractivity contribution in [2.75, 3.05) is 4.90 Å². The monoisotopic (exact) mass is 593 g/mol. The SMILES string of the molecule is C[C@@H]1Cc2cc(C(O)=C3C(=O)C(=O)N(c4nnc(SCc5ccc(Cl)cc5)s4)[C@H]3c3ccccc3F)ccc2O1. The van der Waals surface area contributed by atoms with Gasteiger partial charge in [-0.15, -0.1) is 10.2 Å². The minimum Gasteiger partial charge on any atom is -0.507 e. The van der Waals surface area contributed by atoms with Crippen LogP contribution >= 0.6 is 34.7 Å². The van der Waals surface area contributed by atoms with Gasteiger partial charge in [-0.1, -0.05) is 65.0 Å². The number of ketones is 1. The maximum absolute atomic E-state index is 15.2. The summed E-state index contributed by atoms with van der Waals surface area (Å²) in [6.07, 6.45) is 0.628. The molecule has 0 spiro atoms. The molecule has 4 aromatic rings. The largest absolute Gasteiger partial charge is 0.507 e. The average Bonchev–Trinajstić information content (AvgIpc) is 3.63. The van der Waals surface area contributed by atoms with Crippen LogP contribution in [0.1, 0.15) is 35.2 Å². The van der Waals surface area contributed by atoms with Gasteiger partial charge in [-0.2, -0.15) is 0 Å². The number of nitrogens with zero attached hydrogens (tertiary/aromatic N) is 3. The zero-order valence-corrected chi connectivity index (χ0v) is 23.4. The predicted octanol–water partition coefficient (Wildman–Crippen LogP) is 6.57. The third-order valence-corrected chi connectivity index (χ3v) is 9.07. The maximum atomic E-state index is 15.2. The van der Waals surface area contributed by atoms with Crippen LogP contribution in [0.15, 0.2) is 76.6 Å². The van der Waals surface area contributed by atoms with Crippen molar-refractivity contribution in [3.8, 4) is 5.75 Å². The highest BCUT2D eigenvalue weighted by Gasteiger charge is 2.49. The van der Waals surface area contributed by atoms with E-state index >= 15 is 4.39 Å². The number of aliphatic hydroxyl groups excluding tert-OH is 1. The molecule has 0 aliphatic carbocycles. The first kappa shape index (κ1) is 26.5. The Morgan fingerprint density at radius 2 is 1.93 bits per heavy atom. The first-order valence-electron chi connectivity index (χ1n) is 12.4. The minimum atomic E-state index is -1.23. The van der Waals surface area contributed by atoms with Gasteiger partial charge in [0.05, 0.1) is 5.57 Å². The normalized spacial score (nSPS) is 19.6. The zero-order chi connectivity index (χ0) is 28.0. The second-order valence-corrected chi connectivity index (χ2v) is 12.0. The molecule has 1 fully saturated rings. The van der Waals surface area contributed by atoms with Crippen LogP contribution in [0, 0.1) is 5.82 Å². The first-order chi connectivity index (χ1) is 19.3. The molecule has 2 aliphatic rings. The quantitative estimate of drug-likeness (QED) is 0.0888. The standard InChI is InChI=1S/C29H21ClFN3O4S2/c1-15-12-18-13-17(8-11-22(18)38-15)25(35)23-24(20-4-2-3-5-21(20)31)34(27(37)26(23)36)28-32-33-29(40-28)39-14-16-6-9-19(30)10-7-16/h2-11,13,15,24,35H,12,14H2,1H3/t15-,24+/m1/s1. The summed E-state index contributed by atoms with van der Waals surface area (Å²) < 4.78 is 21.5. The number of anilines is 1. The Balaban J connectivity index is 1.39. The molecule has 2 aliphatic heterocycles. The molecular weight excluding hydrogens is 573 g/mol. The number of fused-ring (bicyclic) bond motifs is 1. The second kappa shape index (κ2) is 10.7. The van der Waals surface area contributed by atoms with Gasteiger partial charge in [0.2, 0.25) is 5.13 Å². The van der Waals surface area contributed by atoms with Crippen molar-refractivity contribution in [2.45, 2.75) is 35.6 Å². The number of carbonyl (C=O) groups excluding carboxylic acids is 2. The topological polar surface area (TPSA) is 92.6 Å². The highest BCUT2D eigenvalue weighted by Crippen LogP contribution is 2.45. The number of amides is 1. The Morgan fingerprint density at radius 1 is 1.15 bits per heavy atom. The highest BCUT2D eigenvalue weighted by atomic mass is 35.5. The molecule has 202 valence electrons. The van der Waals surface area contributed by atoms with Gasteiger partial charge in [0, 0.05) is 28.3 Å². The van der Waals surface area contributed by atoms with E-state index in [0.29, 0.717) is 32.8 Å². The van der Waals surface area contributed by atoms with E-state index < -0.39 is 29.3 Å². The zero-order valence-electron chi connectivity index (χ0n) is 21.0. The molecule has 40 heavy (non-hydrogen) atoms. The van der Waals surface area contributed by atoms with Gasteiger partial charge >= 0.3 is 5.91 Å². The molecule has 1 amide bonds. The number of carbonyl (C=O) groups is 2. The van der Waals surface area contributed by atoms with Crippen molar-refractivity contribution in [1.82, 2.24) is 10.2 Å². The molecule has 3 heterocycles. The summed E-state index contributed by atoms with van der Waals surface area (Å²) in [6.45, 7) is 1.94. The maximum Gasteiger partial charge on any atom is 0.301 e. The summed E-state index contributed by atoms with van der Waals surface area (Å²) in [5, 5.41) is 20.5. The van der Waals surface area contributed by atoms with Gasteiger partial charge in [0.1, 0.15) is 29.5 Å². The molecule has 1 aromatic heterocycles. The molecule has 6 rings (SSSR count). The van der Waals surface area contributed by atoms with E-state index in [4.69, 9.17) is 16.3 Å².